The van der Waals surface area contributed by atoms with Crippen molar-refractivity contribution in [2.75, 3.05) is 0 Å². The van der Waals surface area contributed by atoms with Crippen molar-refractivity contribution in [3.63, 3.8) is 0 Å². The van der Waals surface area contributed by atoms with Crippen LogP contribution in [0.3, 0.4) is 0 Å². The second kappa shape index (κ2) is 8.49. The molecule has 2 aromatic heterocycles. The third-order valence-corrected chi connectivity index (χ3v) is 5.91. The number of aromatic nitrogens is 3. The lowest BCUT2D eigenvalue weighted by Crippen LogP contribution is -2.12. The van der Waals surface area contributed by atoms with Gasteiger partial charge in [-0.1, -0.05) is 71.4 Å². The van der Waals surface area contributed by atoms with Gasteiger partial charge < -0.3 is 8.98 Å². The summed E-state index contributed by atoms with van der Waals surface area (Å²) in [5.74, 6) is 0.856. The van der Waals surface area contributed by atoms with Crippen molar-refractivity contribution >= 4 is 17.5 Å². The Bertz CT molecular complexity index is 1080. The number of thioether (sulfide) groups is 1. The third kappa shape index (κ3) is 4.49. The molecule has 0 aliphatic heterocycles. The summed E-state index contributed by atoms with van der Waals surface area (Å²) in [6, 6.07) is 19.5. The fourth-order valence-corrected chi connectivity index (χ4v) is 4.09. The molecule has 2 heterocycles. The topological polar surface area (TPSA) is 60.9 Å². The van der Waals surface area contributed by atoms with Crippen LogP contribution in [0.1, 0.15) is 38.1 Å². The van der Waals surface area contributed by atoms with E-state index in [0.717, 1.165) is 22.5 Å². The van der Waals surface area contributed by atoms with Crippen molar-refractivity contribution in [2.45, 2.75) is 30.8 Å². The smallest absolute Gasteiger partial charge is 0.192 e. The van der Waals surface area contributed by atoms with E-state index >= 15 is 0 Å². The summed E-state index contributed by atoms with van der Waals surface area (Å²) in [5.41, 5.74) is 3.91. The molecule has 1 atom stereocenters. The highest BCUT2D eigenvalue weighted by Gasteiger charge is 2.26. The number of carbonyl (C=O) groups excluding carboxylic acids is 1. The molecule has 2 aromatic carbocycles. The van der Waals surface area contributed by atoms with Crippen molar-refractivity contribution < 1.29 is 9.21 Å². The number of Topliss-reactive ketones (excluding diaryl/α,β-unsaturated/α-hetero) is 1. The number of furan rings is 1. The maximum absolute atomic E-state index is 13.4. The van der Waals surface area contributed by atoms with Crippen molar-refractivity contribution in [3.8, 4) is 0 Å². The van der Waals surface area contributed by atoms with Gasteiger partial charge in [-0.2, -0.15) is 0 Å². The first-order valence-electron chi connectivity index (χ1n) is 9.34. The highest BCUT2D eigenvalue weighted by atomic mass is 32.2. The average molecular weight is 404 g/mol. The van der Waals surface area contributed by atoms with Crippen molar-refractivity contribution in [2.24, 2.45) is 0 Å². The van der Waals surface area contributed by atoms with Gasteiger partial charge in [0.2, 0.25) is 0 Å². The molecule has 6 heteroatoms. The quantitative estimate of drug-likeness (QED) is 0.311. The first-order chi connectivity index (χ1) is 14.1. The van der Waals surface area contributed by atoms with Crippen molar-refractivity contribution in [1.29, 1.82) is 0 Å². The first kappa shape index (κ1) is 19.2. The van der Waals surface area contributed by atoms with E-state index in [1.165, 1.54) is 11.8 Å². The summed E-state index contributed by atoms with van der Waals surface area (Å²) in [4.78, 5) is 13.4. The van der Waals surface area contributed by atoms with E-state index in [2.05, 4.69) is 10.2 Å². The van der Waals surface area contributed by atoms with Crippen LogP contribution in [0.5, 0.6) is 0 Å². The fourth-order valence-electron chi connectivity index (χ4n) is 3.00. The number of rotatable bonds is 7. The number of hydrogen-bond donors (Lipinski definition) is 0. The third-order valence-electron chi connectivity index (χ3n) is 4.66. The molecule has 0 aliphatic carbocycles. The van der Waals surface area contributed by atoms with Crippen LogP contribution >= 0.6 is 11.8 Å². The number of nitrogens with zero attached hydrogens (tertiary/aromatic N) is 3. The molecule has 0 N–H and O–H groups in total. The summed E-state index contributed by atoms with van der Waals surface area (Å²) in [6.07, 6.45) is 3.30. The molecular formula is C23H21N3O2S. The molecule has 0 saturated heterocycles. The minimum absolute atomic E-state index is 0.0476. The van der Waals surface area contributed by atoms with Crippen LogP contribution in [0.15, 0.2) is 82.8 Å². The molecule has 4 aromatic rings. The minimum atomic E-state index is -0.419. The molecule has 0 bridgehead atoms. The Morgan fingerprint density at radius 3 is 2.38 bits per heavy atom. The Balaban J connectivity index is 1.66. The minimum Gasteiger partial charge on any atom is -0.467 e. The molecule has 0 amide bonds. The predicted octanol–water partition coefficient (Wildman–Crippen LogP) is 5.25. The van der Waals surface area contributed by atoms with Gasteiger partial charge in [0.1, 0.15) is 17.3 Å². The number of carbonyl (C=O) groups is 1. The maximum atomic E-state index is 13.4. The van der Waals surface area contributed by atoms with Gasteiger partial charge in [0, 0.05) is 5.56 Å². The molecule has 0 saturated carbocycles. The van der Waals surface area contributed by atoms with Crippen molar-refractivity contribution in [1.82, 2.24) is 14.8 Å². The fraction of sp³-hybridized carbons (Fsp3) is 0.174. The summed E-state index contributed by atoms with van der Waals surface area (Å²) in [5, 5.41) is 8.55. The summed E-state index contributed by atoms with van der Waals surface area (Å²) in [7, 11) is 0. The standard InChI is InChI=1S/C23H21N3O2S/c1-16-5-9-18(10-6-16)21(27)22(19-11-7-17(2)8-12-19)29-23-25-24-15-26(23)14-20-4-3-13-28-20/h3-13,15,22H,14H2,1-2H3. The van der Waals surface area contributed by atoms with E-state index in [0.29, 0.717) is 17.3 Å². The monoisotopic (exact) mass is 403 g/mol. The van der Waals surface area contributed by atoms with Gasteiger partial charge in [-0.05, 0) is 31.5 Å². The number of hydrogen-bond acceptors (Lipinski definition) is 5. The van der Waals surface area contributed by atoms with Crippen LogP contribution in [-0.4, -0.2) is 20.5 Å². The van der Waals surface area contributed by atoms with Crippen LogP contribution in [0.4, 0.5) is 0 Å². The zero-order valence-corrected chi connectivity index (χ0v) is 17.1. The van der Waals surface area contributed by atoms with Gasteiger partial charge in [0.05, 0.1) is 12.8 Å². The first-order valence-corrected chi connectivity index (χ1v) is 10.2. The summed E-state index contributed by atoms with van der Waals surface area (Å²) < 4.78 is 7.34. The van der Waals surface area contributed by atoms with Crippen LogP contribution in [0.25, 0.3) is 0 Å². The Kier molecular flexibility index (Phi) is 5.62. The van der Waals surface area contributed by atoms with E-state index < -0.39 is 5.25 Å². The van der Waals surface area contributed by atoms with Crippen LogP contribution in [0.2, 0.25) is 0 Å². The van der Waals surface area contributed by atoms with Gasteiger partial charge in [-0.15, -0.1) is 10.2 Å². The van der Waals surface area contributed by atoms with Gasteiger partial charge in [-0.3, -0.25) is 4.79 Å². The lowest BCUT2D eigenvalue weighted by atomic mass is 10.0. The lowest BCUT2D eigenvalue weighted by molar-refractivity contribution is 0.0989. The van der Waals surface area contributed by atoms with E-state index in [4.69, 9.17) is 4.42 Å². The van der Waals surface area contributed by atoms with Gasteiger partial charge in [0.15, 0.2) is 10.9 Å². The van der Waals surface area contributed by atoms with Gasteiger partial charge in [-0.25, -0.2) is 0 Å². The number of benzene rings is 2. The second-order valence-electron chi connectivity index (χ2n) is 6.96. The molecule has 29 heavy (non-hydrogen) atoms. The molecule has 4 rings (SSSR count). The molecule has 0 aliphatic rings. The highest BCUT2D eigenvalue weighted by Crippen LogP contribution is 2.37. The van der Waals surface area contributed by atoms with Crippen molar-refractivity contribution in [3.05, 3.63) is 101 Å². The lowest BCUT2D eigenvalue weighted by Gasteiger charge is -2.16. The molecule has 0 spiro atoms. The molecule has 0 fully saturated rings. The highest BCUT2D eigenvalue weighted by molar-refractivity contribution is 8.00. The van der Waals surface area contributed by atoms with E-state index in [-0.39, 0.29) is 5.78 Å². The van der Waals surface area contributed by atoms with E-state index in [9.17, 15) is 4.79 Å². The number of ketones is 1. The van der Waals surface area contributed by atoms with E-state index in [1.54, 1.807) is 12.6 Å². The Hall–Kier alpha value is -3.12. The van der Waals surface area contributed by atoms with Gasteiger partial charge >= 0.3 is 0 Å². The predicted molar refractivity (Wildman–Crippen MR) is 113 cm³/mol. The Labute approximate surface area is 173 Å². The molecule has 146 valence electrons. The largest absolute Gasteiger partial charge is 0.467 e. The Morgan fingerprint density at radius 2 is 1.72 bits per heavy atom. The summed E-state index contributed by atoms with van der Waals surface area (Å²) in [6.45, 7) is 4.56. The zero-order chi connectivity index (χ0) is 20.2. The molecule has 0 radical (unpaired) electrons. The second-order valence-corrected chi connectivity index (χ2v) is 8.03. The zero-order valence-electron chi connectivity index (χ0n) is 16.3. The average Bonchev–Trinajstić information content (AvgIpc) is 3.40. The maximum Gasteiger partial charge on any atom is 0.192 e. The number of aryl methyl sites for hydroxylation is 2. The molecule has 5 nitrogen and oxygen atoms in total. The van der Waals surface area contributed by atoms with Crippen LogP contribution < -0.4 is 0 Å². The Morgan fingerprint density at radius 1 is 1.03 bits per heavy atom. The van der Waals surface area contributed by atoms with Crippen LogP contribution in [0, 0.1) is 13.8 Å². The normalized spacial score (nSPS) is 12.1. The molecule has 1 unspecified atom stereocenters. The van der Waals surface area contributed by atoms with E-state index in [1.807, 2.05) is 79.1 Å². The molecular weight excluding hydrogens is 382 g/mol. The van der Waals surface area contributed by atoms with Crippen LogP contribution in [-0.2, 0) is 6.54 Å². The van der Waals surface area contributed by atoms with Gasteiger partial charge in [0.25, 0.3) is 0 Å². The SMILES string of the molecule is Cc1ccc(C(=O)C(Sc2nncn2Cc2ccco2)c2ccc(C)cc2)cc1. The summed E-state index contributed by atoms with van der Waals surface area (Å²) >= 11 is 1.41.